The van der Waals surface area contributed by atoms with Crippen LogP contribution in [0.25, 0.3) is 0 Å². The number of nitrogens with one attached hydrogen (secondary N) is 3. The minimum absolute atomic E-state index is 0.0221. The topological polar surface area (TPSA) is 217 Å². The van der Waals surface area contributed by atoms with Gasteiger partial charge in [-0.3, -0.25) is 19.1 Å². The van der Waals surface area contributed by atoms with Crippen LogP contribution in [0.15, 0.2) is 65.8 Å². The van der Waals surface area contributed by atoms with E-state index >= 15 is 0 Å². The Morgan fingerprint density at radius 3 is 1.93 bits per heavy atom. The number of rotatable bonds is 31. The number of ether oxygens (including phenoxy) is 5. The molecule has 0 radical (unpaired) electrons. The van der Waals surface area contributed by atoms with Crippen molar-refractivity contribution in [1.29, 1.82) is 0 Å². The first-order chi connectivity index (χ1) is 28.2. The van der Waals surface area contributed by atoms with Gasteiger partial charge < -0.3 is 44.5 Å². The number of benzene rings is 2. The number of nitrogens with zero attached hydrogens (tertiary/aromatic N) is 2. The normalized spacial score (nSPS) is 11.5. The lowest BCUT2D eigenvalue weighted by Crippen LogP contribution is -2.31. The van der Waals surface area contributed by atoms with Gasteiger partial charge in [-0.05, 0) is 92.3 Å². The van der Waals surface area contributed by atoms with Gasteiger partial charge in [-0.2, -0.15) is 0 Å². The van der Waals surface area contributed by atoms with Crippen molar-refractivity contribution in [3.05, 3.63) is 77.6 Å². The first-order valence-corrected chi connectivity index (χ1v) is 20.4. The molecule has 2 aromatic carbocycles. The van der Waals surface area contributed by atoms with Crippen LogP contribution < -0.4 is 20.1 Å². The molecule has 0 atom stereocenters. The zero-order valence-corrected chi connectivity index (χ0v) is 35.3. The van der Waals surface area contributed by atoms with Gasteiger partial charge in [0.1, 0.15) is 25.6 Å². The number of aromatic nitrogens is 2. The second-order valence-corrected chi connectivity index (χ2v) is 16.0. The Hall–Kier alpha value is -4.81. The predicted octanol–water partition coefficient (Wildman–Crippen LogP) is 5.41. The zero-order valence-electron chi connectivity index (χ0n) is 34.5. The molecule has 0 saturated heterocycles. The number of amides is 2. The van der Waals surface area contributed by atoms with Crippen molar-refractivity contribution in [2.75, 3.05) is 70.7 Å². The highest BCUT2D eigenvalue weighted by molar-refractivity contribution is 8.00. The lowest BCUT2D eigenvalue weighted by atomic mass is 9.72. The number of aliphatic carboxylic acids is 2. The molecule has 1 aromatic heterocycles. The number of hydrogen-bond acceptors (Lipinski definition) is 13. The number of carboxylic acid groups (broad SMARTS) is 2. The molecule has 0 bridgehead atoms. The molecule has 3 aromatic rings. The molecule has 16 nitrogen and oxygen atoms in total. The van der Waals surface area contributed by atoms with E-state index in [1.807, 2.05) is 36.4 Å². The Labute approximate surface area is 350 Å². The molecular weight excluding hydrogens is 783 g/mol. The second-order valence-electron chi connectivity index (χ2n) is 15.1. The van der Waals surface area contributed by atoms with Crippen molar-refractivity contribution in [1.82, 2.24) is 20.6 Å². The predicted molar refractivity (Wildman–Crippen MR) is 222 cm³/mol. The highest BCUT2D eigenvalue weighted by Gasteiger charge is 2.34. The molecule has 0 aliphatic rings. The lowest BCUT2D eigenvalue weighted by molar-refractivity contribution is -0.148. The van der Waals surface area contributed by atoms with Crippen LogP contribution in [0.1, 0.15) is 74.9 Å². The van der Waals surface area contributed by atoms with E-state index in [4.69, 9.17) is 28.8 Å². The first kappa shape index (κ1) is 48.6. The van der Waals surface area contributed by atoms with E-state index in [1.54, 1.807) is 13.8 Å². The van der Waals surface area contributed by atoms with Crippen molar-refractivity contribution in [3.63, 3.8) is 0 Å². The van der Waals surface area contributed by atoms with Crippen molar-refractivity contribution in [2.45, 2.75) is 71.3 Å². The summed E-state index contributed by atoms with van der Waals surface area (Å²) >= 11 is 1.35. The zero-order chi connectivity index (χ0) is 42.9. The largest absolute Gasteiger partial charge is 0.489 e. The lowest BCUT2D eigenvalue weighted by Gasteiger charge is -2.32. The van der Waals surface area contributed by atoms with E-state index < -0.39 is 17.4 Å². The molecule has 0 spiro atoms. The van der Waals surface area contributed by atoms with E-state index in [1.165, 1.54) is 29.9 Å². The molecule has 0 saturated carbocycles. The third kappa shape index (κ3) is 21.1. The molecule has 0 unspecified atom stereocenters. The van der Waals surface area contributed by atoms with Crippen LogP contribution in [0, 0.1) is 10.8 Å². The molecule has 0 aliphatic heterocycles. The summed E-state index contributed by atoms with van der Waals surface area (Å²) in [5, 5.41) is 23.3. The summed E-state index contributed by atoms with van der Waals surface area (Å²) in [4.78, 5) is 55.5. The number of carbonyl (C=O) groups is 4. The maximum Gasteiger partial charge on any atom is 0.329 e. The van der Waals surface area contributed by atoms with Crippen LogP contribution in [-0.2, 0) is 46.4 Å². The minimum Gasteiger partial charge on any atom is -0.489 e. The summed E-state index contributed by atoms with van der Waals surface area (Å²) in [7, 11) is 0. The standard InChI is InChI=1S/C42H59N5O11S/c1-41(2,30-42(3,4)39(52)53)16-6-5-7-31-8-12-34(13-9-31)58-27-32-10-14-35(15-11-32)59-47-40-45-25-33(26-46-40)38(51)44-18-20-55-21-23-56-28-36(48)43-17-19-54-22-24-57-29-37(49)50/h8-15,25-26H,5-7,16-24,27-30H2,1-4H3,(H,43,48)(H,44,51)(H,49,50)(H,52,53)(H,45,46,47). The summed E-state index contributed by atoms with van der Waals surface area (Å²) in [6.07, 6.45) is 7.59. The van der Waals surface area contributed by atoms with Crippen molar-refractivity contribution < 1.29 is 53.1 Å². The quantitative estimate of drug-likeness (QED) is 0.0404. The summed E-state index contributed by atoms with van der Waals surface area (Å²) in [6, 6.07) is 16.1. The average molecular weight is 842 g/mol. The van der Waals surface area contributed by atoms with Crippen molar-refractivity contribution in [3.8, 4) is 5.75 Å². The molecule has 1 heterocycles. The van der Waals surface area contributed by atoms with Crippen LogP contribution in [0.3, 0.4) is 0 Å². The summed E-state index contributed by atoms with van der Waals surface area (Å²) in [6.45, 7) is 9.73. The fraction of sp³-hybridized carbons (Fsp3) is 0.524. The number of unbranched alkanes of at least 4 members (excludes halogenated alkanes) is 1. The van der Waals surface area contributed by atoms with Gasteiger partial charge in [0, 0.05) is 30.4 Å². The molecule has 5 N–H and O–H groups in total. The minimum atomic E-state index is -1.04. The Balaban J connectivity index is 1.21. The Bertz CT molecular complexity index is 1710. The number of anilines is 1. The van der Waals surface area contributed by atoms with E-state index in [2.05, 4.69) is 51.3 Å². The summed E-state index contributed by atoms with van der Waals surface area (Å²) in [5.74, 6) is -1.27. The Morgan fingerprint density at radius 2 is 1.31 bits per heavy atom. The number of aryl methyl sites for hydroxylation is 1. The molecule has 0 aliphatic carbocycles. The molecular formula is C42H59N5O11S. The van der Waals surface area contributed by atoms with Crippen molar-refractivity contribution in [2.24, 2.45) is 10.8 Å². The van der Waals surface area contributed by atoms with Gasteiger partial charge in [0.2, 0.25) is 11.9 Å². The average Bonchev–Trinajstić information content (AvgIpc) is 3.20. The third-order valence-electron chi connectivity index (χ3n) is 8.80. The van der Waals surface area contributed by atoms with Crippen LogP contribution in [0.2, 0.25) is 0 Å². The van der Waals surface area contributed by atoms with Gasteiger partial charge in [-0.15, -0.1) is 0 Å². The van der Waals surface area contributed by atoms with Gasteiger partial charge in [0.25, 0.3) is 5.91 Å². The van der Waals surface area contributed by atoms with Gasteiger partial charge in [0.15, 0.2) is 0 Å². The molecule has 0 fully saturated rings. The highest BCUT2D eigenvalue weighted by atomic mass is 32.2. The van der Waals surface area contributed by atoms with E-state index in [9.17, 15) is 24.3 Å². The van der Waals surface area contributed by atoms with Gasteiger partial charge in [-0.1, -0.05) is 44.5 Å². The van der Waals surface area contributed by atoms with E-state index in [-0.39, 0.29) is 83.2 Å². The monoisotopic (exact) mass is 841 g/mol. The smallest absolute Gasteiger partial charge is 0.329 e. The van der Waals surface area contributed by atoms with Crippen LogP contribution >= 0.6 is 11.9 Å². The fourth-order valence-electron chi connectivity index (χ4n) is 5.88. The maximum atomic E-state index is 12.5. The van der Waals surface area contributed by atoms with E-state index in [0.717, 1.165) is 41.9 Å². The Morgan fingerprint density at radius 1 is 0.712 bits per heavy atom. The maximum absolute atomic E-state index is 12.5. The fourth-order valence-corrected chi connectivity index (χ4v) is 6.47. The van der Waals surface area contributed by atoms with Crippen LogP contribution in [-0.4, -0.2) is 110 Å². The van der Waals surface area contributed by atoms with E-state index in [0.29, 0.717) is 24.5 Å². The summed E-state index contributed by atoms with van der Waals surface area (Å²) < 4.78 is 29.8. The first-order valence-electron chi connectivity index (χ1n) is 19.6. The second kappa shape index (κ2) is 26.3. The number of carbonyl (C=O) groups excluding carboxylic acids is 2. The summed E-state index contributed by atoms with van der Waals surface area (Å²) in [5.41, 5.74) is 1.84. The van der Waals surface area contributed by atoms with Gasteiger partial charge in [-0.25, -0.2) is 14.8 Å². The SMILES string of the molecule is CC(C)(CCCCc1ccc(OCc2ccc(SNc3ncc(C(=O)NCCOCCOCC(=O)NCCOCCOCC(=O)O)cn3)cc2)cc1)CC(C)(C)C(=O)O. The molecule has 17 heteroatoms. The van der Waals surface area contributed by atoms with Gasteiger partial charge >= 0.3 is 11.9 Å². The number of carboxylic acids is 2. The number of hydrogen-bond donors (Lipinski definition) is 5. The molecule has 3 rings (SSSR count). The van der Waals surface area contributed by atoms with Crippen molar-refractivity contribution >= 4 is 41.6 Å². The third-order valence-corrected chi connectivity index (χ3v) is 9.59. The molecule has 59 heavy (non-hydrogen) atoms. The molecule has 324 valence electrons. The highest BCUT2D eigenvalue weighted by Crippen LogP contribution is 2.37. The van der Waals surface area contributed by atoms with Crippen LogP contribution in [0.5, 0.6) is 5.75 Å². The molecule has 2 amide bonds. The van der Waals surface area contributed by atoms with Crippen LogP contribution in [0.4, 0.5) is 5.95 Å². The van der Waals surface area contributed by atoms with Gasteiger partial charge in [0.05, 0.1) is 50.6 Å². The Kier molecular flexibility index (Phi) is 21.7.